The highest BCUT2D eigenvalue weighted by Gasteiger charge is 2.13. The molecule has 0 radical (unpaired) electrons. The van der Waals surface area contributed by atoms with Crippen LogP contribution < -0.4 is 9.64 Å². The summed E-state index contributed by atoms with van der Waals surface area (Å²) in [5, 5.41) is 12.6. The molecule has 3 aromatic rings. The molecule has 3 aromatic carbocycles. The molecule has 5 nitrogen and oxygen atoms in total. The fraction of sp³-hybridized carbons (Fsp3) is 0.333. The van der Waals surface area contributed by atoms with Crippen molar-refractivity contribution in [2.75, 3.05) is 45.4 Å². The lowest BCUT2D eigenvalue weighted by Gasteiger charge is -2.29. The van der Waals surface area contributed by atoms with Gasteiger partial charge in [0, 0.05) is 37.4 Å². The Bertz CT molecular complexity index is 966. The van der Waals surface area contributed by atoms with Gasteiger partial charge in [0.1, 0.15) is 11.5 Å². The summed E-state index contributed by atoms with van der Waals surface area (Å²) >= 11 is 0. The summed E-state index contributed by atoms with van der Waals surface area (Å²) in [6.45, 7) is 4.95. The molecule has 0 spiro atoms. The first-order chi connectivity index (χ1) is 14.1. The summed E-state index contributed by atoms with van der Waals surface area (Å²) in [5.74, 6) is 1.12. The van der Waals surface area contributed by atoms with Gasteiger partial charge in [0.2, 0.25) is 0 Å². The topological polar surface area (TPSA) is 45.2 Å². The largest absolute Gasteiger partial charge is 0.508 e. The van der Waals surface area contributed by atoms with E-state index in [1.165, 1.54) is 11.3 Å². The Balaban J connectivity index is 1.48. The van der Waals surface area contributed by atoms with E-state index in [0.717, 1.165) is 54.9 Å². The van der Waals surface area contributed by atoms with Gasteiger partial charge in [0.25, 0.3) is 0 Å². The second-order valence-electron chi connectivity index (χ2n) is 7.59. The van der Waals surface area contributed by atoms with E-state index >= 15 is 0 Å². The second kappa shape index (κ2) is 8.72. The third-order valence-corrected chi connectivity index (χ3v) is 5.51. The van der Waals surface area contributed by atoms with Gasteiger partial charge < -0.3 is 19.5 Å². The van der Waals surface area contributed by atoms with Crippen LogP contribution in [0.5, 0.6) is 11.5 Å². The second-order valence-corrected chi connectivity index (χ2v) is 7.59. The molecule has 4 rings (SSSR count). The Kier molecular flexibility index (Phi) is 5.88. The lowest BCUT2D eigenvalue weighted by molar-refractivity contribution is 0.122. The molecule has 152 valence electrons. The Morgan fingerprint density at radius 2 is 1.72 bits per heavy atom. The maximum Gasteiger partial charge on any atom is 0.120 e. The van der Waals surface area contributed by atoms with E-state index in [1.807, 2.05) is 24.3 Å². The molecule has 29 heavy (non-hydrogen) atoms. The van der Waals surface area contributed by atoms with E-state index in [9.17, 15) is 5.11 Å². The third kappa shape index (κ3) is 4.47. The van der Waals surface area contributed by atoms with Crippen molar-refractivity contribution in [1.29, 1.82) is 0 Å². The highest BCUT2D eigenvalue weighted by Crippen LogP contribution is 2.31. The number of benzene rings is 3. The Morgan fingerprint density at radius 3 is 2.45 bits per heavy atom. The number of rotatable bonds is 6. The van der Waals surface area contributed by atoms with Gasteiger partial charge in [-0.3, -0.25) is 4.90 Å². The van der Waals surface area contributed by atoms with E-state index in [1.54, 1.807) is 13.2 Å². The molecule has 1 heterocycles. The summed E-state index contributed by atoms with van der Waals surface area (Å²) in [7, 11) is 3.74. The van der Waals surface area contributed by atoms with Gasteiger partial charge >= 0.3 is 0 Å². The van der Waals surface area contributed by atoms with Gasteiger partial charge in [-0.1, -0.05) is 24.3 Å². The predicted molar refractivity (Wildman–Crippen MR) is 117 cm³/mol. The SMILES string of the molecule is COc1ccc2ccc(O)c(CN(C)Cc3ccc(N4CCOCC4)cc3)c2c1. The van der Waals surface area contributed by atoms with Gasteiger partial charge in [0.05, 0.1) is 20.3 Å². The van der Waals surface area contributed by atoms with E-state index in [4.69, 9.17) is 9.47 Å². The predicted octanol–water partition coefficient (Wildman–Crippen LogP) is 4.02. The number of anilines is 1. The number of phenols is 1. The van der Waals surface area contributed by atoms with Crippen LogP contribution in [0.4, 0.5) is 5.69 Å². The molecular weight excluding hydrogens is 364 g/mol. The number of methoxy groups -OCH3 is 1. The highest BCUT2D eigenvalue weighted by atomic mass is 16.5. The fourth-order valence-corrected chi connectivity index (χ4v) is 3.91. The molecule has 0 unspecified atom stereocenters. The van der Waals surface area contributed by atoms with Gasteiger partial charge in [-0.25, -0.2) is 0 Å². The molecule has 0 aromatic heterocycles. The number of nitrogens with zero attached hydrogens (tertiary/aromatic N) is 2. The maximum absolute atomic E-state index is 10.5. The van der Waals surface area contributed by atoms with Gasteiger partial charge in [-0.15, -0.1) is 0 Å². The van der Waals surface area contributed by atoms with Crippen molar-refractivity contribution in [2.24, 2.45) is 0 Å². The molecule has 5 heteroatoms. The van der Waals surface area contributed by atoms with Crippen molar-refractivity contribution in [1.82, 2.24) is 4.90 Å². The average molecular weight is 392 g/mol. The van der Waals surface area contributed by atoms with Gasteiger partial charge in [-0.05, 0) is 53.7 Å². The molecule has 0 saturated carbocycles. The number of morpholine rings is 1. The number of aromatic hydroxyl groups is 1. The van der Waals surface area contributed by atoms with Crippen LogP contribution in [0.3, 0.4) is 0 Å². The van der Waals surface area contributed by atoms with Crippen molar-refractivity contribution >= 4 is 16.5 Å². The number of hydrogen-bond acceptors (Lipinski definition) is 5. The molecule has 1 aliphatic rings. The minimum atomic E-state index is 0.320. The van der Waals surface area contributed by atoms with Crippen molar-refractivity contribution in [3.63, 3.8) is 0 Å². The number of fused-ring (bicyclic) bond motifs is 1. The number of phenolic OH excluding ortho intramolecular Hbond substituents is 1. The normalized spacial score (nSPS) is 14.5. The standard InChI is InChI=1S/C24H28N2O3/c1-25(16-18-3-7-20(8-4-18)26-11-13-29-14-12-26)17-23-22-15-21(28-2)9-5-19(22)6-10-24(23)27/h3-10,15,27H,11-14,16-17H2,1-2H3. The summed E-state index contributed by atoms with van der Waals surface area (Å²) < 4.78 is 10.8. The van der Waals surface area contributed by atoms with E-state index < -0.39 is 0 Å². The molecule has 0 atom stereocenters. The quantitative estimate of drug-likeness (QED) is 0.686. The molecule has 1 saturated heterocycles. The first kappa shape index (κ1) is 19.6. The minimum Gasteiger partial charge on any atom is -0.508 e. The first-order valence-electron chi connectivity index (χ1n) is 10.0. The van der Waals surface area contributed by atoms with Crippen LogP contribution in [-0.2, 0) is 17.8 Å². The van der Waals surface area contributed by atoms with Crippen molar-refractivity contribution in [3.05, 3.63) is 65.7 Å². The number of hydrogen-bond donors (Lipinski definition) is 1. The Morgan fingerprint density at radius 1 is 1.00 bits per heavy atom. The van der Waals surface area contributed by atoms with Crippen molar-refractivity contribution in [2.45, 2.75) is 13.1 Å². The third-order valence-electron chi connectivity index (χ3n) is 5.51. The highest BCUT2D eigenvalue weighted by molar-refractivity contribution is 5.88. The molecule has 0 amide bonds. The molecule has 0 bridgehead atoms. The van der Waals surface area contributed by atoms with Crippen LogP contribution in [0.15, 0.2) is 54.6 Å². The Hall–Kier alpha value is -2.76. The van der Waals surface area contributed by atoms with Crippen molar-refractivity contribution < 1.29 is 14.6 Å². The minimum absolute atomic E-state index is 0.320. The molecular formula is C24H28N2O3. The first-order valence-corrected chi connectivity index (χ1v) is 10.0. The lowest BCUT2D eigenvalue weighted by Crippen LogP contribution is -2.36. The average Bonchev–Trinajstić information content (AvgIpc) is 2.76. The smallest absolute Gasteiger partial charge is 0.120 e. The van der Waals surface area contributed by atoms with E-state index in [2.05, 4.69) is 41.1 Å². The maximum atomic E-state index is 10.5. The number of ether oxygens (including phenoxy) is 2. The van der Waals surface area contributed by atoms with Crippen LogP contribution >= 0.6 is 0 Å². The Labute approximate surface area is 172 Å². The molecule has 1 aliphatic heterocycles. The van der Waals surface area contributed by atoms with Crippen LogP contribution in [0.25, 0.3) is 10.8 Å². The van der Waals surface area contributed by atoms with Gasteiger partial charge in [0.15, 0.2) is 0 Å². The lowest BCUT2D eigenvalue weighted by atomic mass is 10.0. The van der Waals surface area contributed by atoms with Crippen LogP contribution in [-0.4, -0.2) is 50.5 Å². The summed E-state index contributed by atoms with van der Waals surface area (Å²) in [5.41, 5.74) is 3.43. The molecule has 1 fully saturated rings. The van der Waals surface area contributed by atoms with E-state index in [0.29, 0.717) is 12.3 Å². The van der Waals surface area contributed by atoms with Crippen molar-refractivity contribution in [3.8, 4) is 11.5 Å². The molecule has 0 aliphatic carbocycles. The molecule has 1 N–H and O–H groups in total. The van der Waals surface area contributed by atoms with Crippen LogP contribution in [0.1, 0.15) is 11.1 Å². The summed E-state index contributed by atoms with van der Waals surface area (Å²) in [4.78, 5) is 4.58. The zero-order chi connectivity index (χ0) is 20.2. The van der Waals surface area contributed by atoms with Gasteiger partial charge in [-0.2, -0.15) is 0 Å². The van der Waals surface area contributed by atoms with Crippen LogP contribution in [0.2, 0.25) is 0 Å². The monoisotopic (exact) mass is 392 g/mol. The zero-order valence-electron chi connectivity index (χ0n) is 17.1. The van der Waals surface area contributed by atoms with E-state index in [-0.39, 0.29) is 0 Å². The zero-order valence-corrected chi connectivity index (χ0v) is 17.1. The summed E-state index contributed by atoms with van der Waals surface area (Å²) in [6.07, 6.45) is 0. The summed E-state index contributed by atoms with van der Waals surface area (Å²) in [6, 6.07) is 18.4. The van der Waals surface area contributed by atoms with Crippen LogP contribution in [0, 0.1) is 0 Å². The fourth-order valence-electron chi connectivity index (χ4n) is 3.91.